The fourth-order valence-electron chi connectivity index (χ4n) is 2.49. The second-order valence-corrected chi connectivity index (χ2v) is 5.22. The summed E-state index contributed by atoms with van der Waals surface area (Å²) in [6, 6.07) is 0. The lowest BCUT2D eigenvalue weighted by Gasteiger charge is -2.28. The van der Waals surface area contributed by atoms with Crippen molar-refractivity contribution in [3.8, 4) is 0 Å². The van der Waals surface area contributed by atoms with Crippen LogP contribution in [0.3, 0.4) is 0 Å². The summed E-state index contributed by atoms with van der Waals surface area (Å²) in [5.41, 5.74) is -0.196. The Bertz CT molecular complexity index is 197. The van der Waals surface area contributed by atoms with E-state index in [4.69, 9.17) is 9.47 Å². The van der Waals surface area contributed by atoms with Gasteiger partial charge in [0.15, 0.2) is 0 Å². The Balaban J connectivity index is 1.61. The molecule has 0 aliphatic carbocycles. The van der Waals surface area contributed by atoms with Gasteiger partial charge in [-0.25, -0.2) is 0 Å². The van der Waals surface area contributed by atoms with E-state index in [1.165, 1.54) is 0 Å². The molecule has 2 rings (SSSR count). The van der Waals surface area contributed by atoms with Gasteiger partial charge in [-0.15, -0.1) is 0 Å². The van der Waals surface area contributed by atoms with Gasteiger partial charge in [-0.1, -0.05) is 0 Å². The molecule has 0 bridgehead atoms. The molecule has 2 fully saturated rings. The zero-order chi connectivity index (χ0) is 11.5. The molecule has 2 atom stereocenters. The van der Waals surface area contributed by atoms with E-state index in [0.29, 0.717) is 0 Å². The Kier molecular flexibility index (Phi) is 3.85. The summed E-state index contributed by atoms with van der Waals surface area (Å²) in [5, 5.41) is 6.92. The summed E-state index contributed by atoms with van der Waals surface area (Å²) in [7, 11) is 0. The van der Waals surface area contributed by atoms with Crippen LogP contribution in [-0.4, -0.2) is 37.8 Å². The topological polar surface area (TPSA) is 42.5 Å². The molecule has 0 spiro atoms. The van der Waals surface area contributed by atoms with E-state index in [2.05, 4.69) is 24.5 Å². The summed E-state index contributed by atoms with van der Waals surface area (Å²) in [4.78, 5) is 0. The SMILES string of the molecule is CC1(NCCNC2(C)CCCO2)CCCO1. The summed E-state index contributed by atoms with van der Waals surface area (Å²) in [6.07, 6.45) is 4.55. The van der Waals surface area contributed by atoms with Gasteiger partial charge in [0.1, 0.15) is 11.4 Å². The molecule has 0 aromatic heterocycles. The van der Waals surface area contributed by atoms with Crippen LogP contribution in [0.1, 0.15) is 39.5 Å². The molecule has 0 radical (unpaired) electrons. The fraction of sp³-hybridized carbons (Fsp3) is 1.00. The monoisotopic (exact) mass is 228 g/mol. The predicted octanol–water partition coefficient (Wildman–Crippen LogP) is 1.22. The van der Waals surface area contributed by atoms with Crippen LogP contribution in [0.25, 0.3) is 0 Å². The maximum Gasteiger partial charge on any atom is 0.116 e. The molecule has 16 heavy (non-hydrogen) atoms. The summed E-state index contributed by atoms with van der Waals surface area (Å²) in [6.45, 7) is 7.89. The lowest BCUT2D eigenvalue weighted by Crippen LogP contribution is -2.49. The minimum Gasteiger partial charge on any atom is -0.361 e. The Morgan fingerprint density at radius 2 is 1.31 bits per heavy atom. The zero-order valence-corrected chi connectivity index (χ0v) is 10.5. The Morgan fingerprint density at radius 3 is 1.62 bits per heavy atom. The first kappa shape index (κ1) is 12.3. The molecular weight excluding hydrogens is 204 g/mol. The molecular formula is C12H24N2O2. The van der Waals surface area contributed by atoms with Gasteiger partial charge in [0, 0.05) is 26.3 Å². The average Bonchev–Trinajstić information content (AvgIpc) is 2.84. The first-order valence-corrected chi connectivity index (χ1v) is 6.40. The Hall–Kier alpha value is -0.160. The predicted molar refractivity (Wildman–Crippen MR) is 63.2 cm³/mol. The van der Waals surface area contributed by atoms with Crippen molar-refractivity contribution in [2.75, 3.05) is 26.3 Å². The van der Waals surface area contributed by atoms with Gasteiger partial charge in [0.05, 0.1) is 0 Å². The van der Waals surface area contributed by atoms with Crippen molar-refractivity contribution in [3.63, 3.8) is 0 Å². The largest absolute Gasteiger partial charge is 0.361 e. The van der Waals surface area contributed by atoms with Crippen LogP contribution in [0.2, 0.25) is 0 Å². The summed E-state index contributed by atoms with van der Waals surface area (Å²) in [5.74, 6) is 0. The van der Waals surface area contributed by atoms with E-state index in [9.17, 15) is 0 Å². The third kappa shape index (κ3) is 3.17. The molecule has 2 saturated heterocycles. The van der Waals surface area contributed by atoms with E-state index in [-0.39, 0.29) is 11.4 Å². The smallest absolute Gasteiger partial charge is 0.116 e. The highest BCUT2D eigenvalue weighted by Crippen LogP contribution is 2.22. The van der Waals surface area contributed by atoms with Gasteiger partial charge in [-0.3, -0.25) is 10.6 Å². The third-order valence-electron chi connectivity index (χ3n) is 3.56. The highest BCUT2D eigenvalue weighted by Gasteiger charge is 2.30. The lowest BCUT2D eigenvalue weighted by atomic mass is 10.1. The van der Waals surface area contributed by atoms with Crippen molar-refractivity contribution >= 4 is 0 Å². The number of rotatable bonds is 5. The quantitative estimate of drug-likeness (QED) is 0.694. The van der Waals surface area contributed by atoms with Crippen LogP contribution < -0.4 is 10.6 Å². The fourth-order valence-corrected chi connectivity index (χ4v) is 2.49. The van der Waals surface area contributed by atoms with Gasteiger partial charge in [-0.05, 0) is 39.5 Å². The Morgan fingerprint density at radius 1 is 0.875 bits per heavy atom. The molecule has 2 heterocycles. The highest BCUT2D eigenvalue weighted by atomic mass is 16.5. The average molecular weight is 228 g/mol. The third-order valence-corrected chi connectivity index (χ3v) is 3.56. The number of hydrogen-bond donors (Lipinski definition) is 2. The van der Waals surface area contributed by atoms with Crippen molar-refractivity contribution in [1.82, 2.24) is 10.6 Å². The molecule has 4 nitrogen and oxygen atoms in total. The van der Waals surface area contributed by atoms with E-state index in [1.807, 2.05) is 0 Å². The van der Waals surface area contributed by atoms with Crippen LogP contribution >= 0.6 is 0 Å². The van der Waals surface area contributed by atoms with Gasteiger partial charge < -0.3 is 9.47 Å². The van der Waals surface area contributed by atoms with Crippen LogP contribution in [0.15, 0.2) is 0 Å². The van der Waals surface area contributed by atoms with Crippen molar-refractivity contribution in [3.05, 3.63) is 0 Å². The van der Waals surface area contributed by atoms with Crippen molar-refractivity contribution in [1.29, 1.82) is 0 Å². The molecule has 0 aromatic carbocycles. The minimum atomic E-state index is -0.0981. The zero-order valence-electron chi connectivity index (χ0n) is 10.5. The first-order valence-electron chi connectivity index (χ1n) is 6.40. The van der Waals surface area contributed by atoms with Crippen LogP contribution in [0.5, 0.6) is 0 Å². The van der Waals surface area contributed by atoms with Crippen LogP contribution in [0.4, 0.5) is 0 Å². The normalized spacial score (nSPS) is 39.4. The molecule has 4 heteroatoms. The summed E-state index contributed by atoms with van der Waals surface area (Å²) < 4.78 is 11.3. The number of ether oxygens (including phenoxy) is 2. The first-order chi connectivity index (χ1) is 7.62. The molecule has 2 aliphatic rings. The van der Waals surface area contributed by atoms with Gasteiger partial charge >= 0.3 is 0 Å². The number of nitrogens with one attached hydrogen (secondary N) is 2. The van der Waals surface area contributed by atoms with Crippen molar-refractivity contribution in [2.45, 2.75) is 51.0 Å². The van der Waals surface area contributed by atoms with E-state index in [0.717, 1.165) is 52.0 Å². The van der Waals surface area contributed by atoms with E-state index >= 15 is 0 Å². The molecule has 0 saturated carbocycles. The van der Waals surface area contributed by atoms with E-state index in [1.54, 1.807) is 0 Å². The van der Waals surface area contributed by atoms with Crippen LogP contribution in [-0.2, 0) is 9.47 Å². The minimum absolute atomic E-state index is 0.0981. The van der Waals surface area contributed by atoms with Gasteiger partial charge in [0.25, 0.3) is 0 Å². The summed E-state index contributed by atoms with van der Waals surface area (Å²) >= 11 is 0. The number of hydrogen-bond acceptors (Lipinski definition) is 4. The second kappa shape index (κ2) is 5.00. The molecule has 94 valence electrons. The highest BCUT2D eigenvalue weighted by molar-refractivity contribution is 4.80. The van der Waals surface area contributed by atoms with Crippen LogP contribution in [0, 0.1) is 0 Å². The lowest BCUT2D eigenvalue weighted by molar-refractivity contribution is -0.0201. The second-order valence-electron chi connectivity index (χ2n) is 5.22. The maximum atomic E-state index is 5.67. The standard InChI is InChI=1S/C12H24N2O2/c1-11(5-3-9-15-11)13-7-8-14-12(2)6-4-10-16-12/h13-14H,3-10H2,1-2H3. The van der Waals surface area contributed by atoms with Gasteiger partial charge in [-0.2, -0.15) is 0 Å². The van der Waals surface area contributed by atoms with E-state index < -0.39 is 0 Å². The molecule has 0 amide bonds. The molecule has 2 aliphatic heterocycles. The maximum absolute atomic E-state index is 5.67. The molecule has 2 unspecified atom stereocenters. The molecule has 0 aromatic rings. The Labute approximate surface area is 98.1 Å². The van der Waals surface area contributed by atoms with Gasteiger partial charge in [0.2, 0.25) is 0 Å². The van der Waals surface area contributed by atoms with Crippen molar-refractivity contribution < 1.29 is 9.47 Å². The molecule has 2 N–H and O–H groups in total. The van der Waals surface area contributed by atoms with Crippen molar-refractivity contribution in [2.24, 2.45) is 0 Å².